The van der Waals surface area contributed by atoms with Gasteiger partial charge in [-0.15, -0.1) is 0 Å². The van der Waals surface area contributed by atoms with Crippen LogP contribution in [0.3, 0.4) is 0 Å². The normalized spacial score (nSPS) is 19.4. The highest BCUT2D eigenvalue weighted by atomic mass is 16.6. The predicted octanol–water partition coefficient (Wildman–Crippen LogP) is 1.57. The zero-order valence-electron chi connectivity index (χ0n) is 12.3. The van der Waals surface area contributed by atoms with Crippen molar-refractivity contribution in [3.05, 3.63) is 23.7 Å². The number of nitrogens with zero attached hydrogens (tertiary/aromatic N) is 1. The summed E-state index contributed by atoms with van der Waals surface area (Å²) in [7, 11) is 0. The molecule has 0 saturated carbocycles. The molecule has 1 aliphatic heterocycles. The van der Waals surface area contributed by atoms with E-state index < -0.39 is 23.3 Å². The number of nitrogens with two attached hydrogens (primary N) is 1. The van der Waals surface area contributed by atoms with Crippen molar-refractivity contribution >= 4 is 6.09 Å². The van der Waals surface area contributed by atoms with Gasteiger partial charge in [0.15, 0.2) is 0 Å². The topological polar surface area (TPSA) is 88.9 Å². The maximum absolute atomic E-state index is 11.8. The molecule has 6 heteroatoms. The van der Waals surface area contributed by atoms with E-state index in [-0.39, 0.29) is 13.1 Å². The summed E-state index contributed by atoms with van der Waals surface area (Å²) in [5.74, 6) is 0.738. The van der Waals surface area contributed by atoms with E-state index in [4.69, 9.17) is 14.9 Å². The van der Waals surface area contributed by atoms with Gasteiger partial charge < -0.3 is 24.9 Å². The molecule has 112 valence electrons. The molecule has 1 atom stereocenters. The predicted molar refractivity (Wildman–Crippen MR) is 73.1 cm³/mol. The molecule has 0 aromatic carbocycles. The van der Waals surface area contributed by atoms with E-state index in [0.29, 0.717) is 0 Å². The Morgan fingerprint density at radius 1 is 1.55 bits per heavy atom. The largest absolute Gasteiger partial charge is 0.469 e. The minimum absolute atomic E-state index is 0.160. The van der Waals surface area contributed by atoms with Crippen molar-refractivity contribution < 1.29 is 19.1 Å². The summed E-state index contributed by atoms with van der Waals surface area (Å²) >= 11 is 0. The minimum atomic E-state index is -1.13. The van der Waals surface area contributed by atoms with Gasteiger partial charge >= 0.3 is 6.09 Å². The number of likely N-dealkylation sites (tertiary alicyclic amines) is 1. The molecule has 1 aliphatic rings. The third-order valence-corrected chi connectivity index (χ3v) is 3.27. The van der Waals surface area contributed by atoms with Crippen LogP contribution in [0.1, 0.15) is 38.1 Å². The number of carbonyl (C=O) groups is 1. The van der Waals surface area contributed by atoms with E-state index in [2.05, 4.69) is 0 Å². The number of hydrogen-bond acceptors (Lipinski definition) is 5. The van der Waals surface area contributed by atoms with Crippen LogP contribution in [-0.2, 0) is 4.74 Å². The molecule has 6 nitrogen and oxygen atoms in total. The van der Waals surface area contributed by atoms with Crippen molar-refractivity contribution in [2.45, 2.75) is 44.9 Å². The Bertz CT molecular complexity index is 498. The van der Waals surface area contributed by atoms with Crippen LogP contribution in [0, 0.1) is 6.92 Å². The molecule has 3 N–H and O–H groups in total. The average molecular weight is 282 g/mol. The molecule has 2 rings (SSSR count). The maximum Gasteiger partial charge on any atom is 0.410 e. The summed E-state index contributed by atoms with van der Waals surface area (Å²) in [6, 6.07) is 1.21. The highest BCUT2D eigenvalue weighted by Crippen LogP contribution is 2.34. The van der Waals surface area contributed by atoms with Gasteiger partial charge in [0.1, 0.15) is 17.0 Å². The number of hydrogen-bond donors (Lipinski definition) is 2. The Morgan fingerprint density at radius 2 is 2.15 bits per heavy atom. The lowest BCUT2D eigenvalue weighted by atomic mass is 9.83. The summed E-state index contributed by atoms with van der Waals surface area (Å²) in [6.07, 6.45) is 1.10. The van der Waals surface area contributed by atoms with Crippen LogP contribution in [0.5, 0.6) is 0 Å². The molecule has 0 radical (unpaired) electrons. The highest BCUT2D eigenvalue weighted by Gasteiger charge is 2.50. The quantitative estimate of drug-likeness (QED) is 0.859. The standard InChI is InChI=1S/C14H22N2O4/c1-9-5-10(6-19-9)11(15)14(18)7-16(8-14)12(17)20-13(2,3)4/h5-6,11,18H,7-8,15H2,1-4H3. The third-order valence-electron chi connectivity index (χ3n) is 3.27. The zero-order chi connectivity index (χ0) is 15.1. The van der Waals surface area contributed by atoms with E-state index in [1.807, 2.05) is 6.92 Å². The van der Waals surface area contributed by atoms with E-state index in [0.717, 1.165) is 11.3 Å². The van der Waals surface area contributed by atoms with Crippen LogP contribution in [0.2, 0.25) is 0 Å². The SMILES string of the molecule is Cc1cc(C(N)C2(O)CN(C(=O)OC(C)(C)C)C2)co1. The number of β-amino-alcohol motifs (C(OH)–C–C–N with tert-alkyl or cyclic N) is 1. The molecule has 1 unspecified atom stereocenters. The first-order valence-corrected chi connectivity index (χ1v) is 6.62. The Hall–Kier alpha value is -1.53. The lowest BCUT2D eigenvalue weighted by Gasteiger charge is -2.49. The van der Waals surface area contributed by atoms with Crippen molar-refractivity contribution in [3.63, 3.8) is 0 Å². The number of ether oxygens (including phenoxy) is 1. The van der Waals surface area contributed by atoms with Crippen LogP contribution < -0.4 is 5.73 Å². The van der Waals surface area contributed by atoms with Crippen LogP contribution >= 0.6 is 0 Å². The Labute approximate surface area is 118 Å². The smallest absolute Gasteiger partial charge is 0.410 e. The number of aryl methyl sites for hydroxylation is 1. The second kappa shape index (κ2) is 4.79. The van der Waals surface area contributed by atoms with E-state index in [1.54, 1.807) is 26.8 Å². The van der Waals surface area contributed by atoms with Crippen molar-refractivity contribution in [3.8, 4) is 0 Å². The second-order valence-corrected chi connectivity index (χ2v) is 6.41. The highest BCUT2D eigenvalue weighted by molar-refractivity contribution is 5.69. The Morgan fingerprint density at radius 3 is 2.60 bits per heavy atom. The van der Waals surface area contributed by atoms with Gasteiger partial charge in [0.05, 0.1) is 25.4 Å². The average Bonchev–Trinajstić information content (AvgIpc) is 2.68. The summed E-state index contributed by atoms with van der Waals surface area (Å²) in [5.41, 5.74) is 5.10. The lowest BCUT2D eigenvalue weighted by molar-refractivity contribution is -0.113. The molecule has 2 heterocycles. The molecule has 0 aliphatic carbocycles. The third kappa shape index (κ3) is 2.96. The van der Waals surface area contributed by atoms with Crippen molar-refractivity contribution in [2.75, 3.05) is 13.1 Å². The second-order valence-electron chi connectivity index (χ2n) is 6.41. The monoisotopic (exact) mass is 282 g/mol. The Kier molecular flexibility index (Phi) is 3.56. The minimum Gasteiger partial charge on any atom is -0.469 e. The fraction of sp³-hybridized carbons (Fsp3) is 0.643. The molecule has 1 amide bonds. The molecule has 0 bridgehead atoms. The zero-order valence-corrected chi connectivity index (χ0v) is 12.3. The molecular formula is C14H22N2O4. The molecule has 20 heavy (non-hydrogen) atoms. The van der Waals surface area contributed by atoms with E-state index >= 15 is 0 Å². The van der Waals surface area contributed by atoms with Gasteiger partial charge in [0, 0.05) is 5.56 Å². The number of aliphatic hydroxyl groups is 1. The number of furan rings is 1. The summed E-state index contributed by atoms with van der Waals surface area (Å²) < 4.78 is 10.4. The van der Waals surface area contributed by atoms with Crippen molar-refractivity contribution in [1.82, 2.24) is 4.90 Å². The summed E-state index contributed by atoms with van der Waals surface area (Å²) in [6.45, 7) is 7.54. The maximum atomic E-state index is 11.8. The van der Waals surface area contributed by atoms with E-state index in [1.165, 1.54) is 11.2 Å². The fourth-order valence-corrected chi connectivity index (χ4v) is 2.20. The first kappa shape index (κ1) is 14.9. The fourth-order valence-electron chi connectivity index (χ4n) is 2.20. The number of amides is 1. The van der Waals surface area contributed by atoms with Gasteiger partial charge in [-0.05, 0) is 33.8 Å². The van der Waals surface area contributed by atoms with Gasteiger partial charge in [0.2, 0.25) is 0 Å². The van der Waals surface area contributed by atoms with Gasteiger partial charge in [-0.2, -0.15) is 0 Å². The number of carbonyl (C=O) groups excluding carboxylic acids is 1. The van der Waals surface area contributed by atoms with Crippen LogP contribution in [0.4, 0.5) is 4.79 Å². The Balaban J connectivity index is 1.95. The van der Waals surface area contributed by atoms with Crippen LogP contribution in [0.25, 0.3) is 0 Å². The van der Waals surface area contributed by atoms with Gasteiger partial charge in [-0.1, -0.05) is 0 Å². The molecule has 0 spiro atoms. The first-order valence-electron chi connectivity index (χ1n) is 6.62. The van der Waals surface area contributed by atoms with Gasteiger partial charge in [-0.25, -0.2) is 4.79 Å². The summed E-state index contributed by atoms with van der Waals surface area (Å²) in [4.78, 5) is 13.3. The first-order chi connectivity index (χ1) is 9.11. The van der Waals surface area contributed by atoms with Crippen LogP contribution in [-0.4, -0.2) is 40.4 Å². The molecule has 1 saturated heterocycles. The van der Waals surface area contributed by atoms with E-state index in [9.17, 15) is 9.90 Å². The molecule has 1 fully saturated rings. The molecular weight excluding hydrogens is 260 g/mol. The number of rotatable bonds is 2. The van der Waals surface area contributed by atoms with Crippen molar-refractivity contribution in [1.29, 1.82) is 0 Å². The van der Waals surface area contributed by atoms with Crippen LogP contribution in [0.15, 0.2) is 16.7 Å². The van der Waals surface area contributed by atoms with Gasteiger partial charge in [0.25, 0.3) is 0 Å². The molecule has 1 aromatic rings. The summed E-state index contributed by atoms with van der Waals surface area (Å²) in [5, 5.41) is 10.4. The molecule has 1 aromatic heterocycles. The van der Waals surface area contributed by atoms with Gasteiger partial charge in [-0.3, -0.25) is 0 Å². The lowest BCUT2D eigenvalue weighted by Crippen LogP contribution is -2.68. The van der Waals surface area contributed by atoms with Crippen molar-refractivity contribution in [2.24, 2.45) is 5.73 Å².